The van der Waals surface area contributed by atoms with Crippen LogP contribution in [0, 0.1) is 5.41 Å². The van der Waals surface area contributed by atoms with Gasteiger partial charge in [-0.25, -0.2) is 4.79 Å². The molecule has 8 heteroatoms. The van der Waals surface area contributed by atoms with Gasteiger partial charge in [-0.05, 0) is 20.3 Å². The minimum atomic E-state index is -1.14. The van der Waals surface area contributed by atoms with Crippen LogP contribution in [0.2, 0.25) is 0 Å². The van der Waals surface area contributed by atoms with Gasteiger partial charge in [0.05, 0.1) is 18.3 Å². The number of hydrogen-bond acceptors (Lipinski definition) is 7. The van der Waals surface area contributed by atoms with E-state index in [1.807, 2.05) is 6.92 Å². The van der Waals surface area contributed by atoms with Gasteiger partial charge in [-0.2, -0.15) is 0 Å². The Hall–Kier alpha value is -2.38. The lowest BCUT2D eigenvalue weighted by Gasteiger charge is -2.23. The molecular formula is C16H24O8. The molecule has 0 amide bonds. The SMILES string of the molecule is C=CC(=O)OCC(COC(=O)C(C)(C)CC)OC(=O)CCC(=O)O. The highest BCUT2D eigenvalue weighted by Crippen LogP contribution is 2.21. The van der Waals surface area contributed by atoms with Gasteiger partial charge in [0.25, 0.3) is 0 Å². The first-order valence-electron chi connectivity index (χ1n) is 7.50. The third-order valence-electron chi connectivity index (χ3n) is 3.26. The summed E-state index contributed by atoms with van der Waals surface area (Å²) in [6.07, 6.45) is -0.251. The summed E-state index contributed by atoms with van der Waals surface area (Å²) in [6, 6.07) is 0. The fourth-order valence-corrected chi connectivity index (χ4v) is 1.31. The van der Waals surface area contributed by atoms with E-state index in [1.54, 1.807) is 13.8 Å². The largest absolute Gasteiger partial charge is 0.481 e. The number of esters is 3. The predicted octanol–water partition coefficient (Wildman–Crippen LogP) is 1.47. The molecule has 0 aliphatic carbocycles. The number of ether oxygens (including phenoxy) is 3. The number of carboxylic acid groups (broad SMARTS) is 1. The second kappa shape index (κ2) is 10.4. The first-order chi connectivity index (χ1) is 11.1. The zero-order valence-electron chi connectivity index (χ0n) is 14.2. The molecule has 0 saturated heterocycles. The summed E-state index contributed by atoms with van der Waals surface area (Å²) in [5, 5.41) is 8.54. The molecule has 24 heavy (non-hydrogen) atoms. The molecule has 1 unspecified atom stereocenters. The lowest BCUT2D eigenvalue weighted by molar-refractivity contribution is -0.169. The Morgan fingerprint density at radius 1 is 1.12 bits per heavy atom. The molecule has 1 N–H and O–H groups in total. The Labute approximate surface area is 140 Å². The Kier molecular flexibility index (Phi) is 9.37. The first-order valence-corrected chi connectivity index (χ1v) is 7.50. The van der Waals surface area contributed by atoms with Crippen LogP contribution >= 0.6 is 0 Å². The molecule has 0 aromatic heterocycles. The summed E-state index contributed by atoms with van der Waals surface area (Å²) in [5.41, 5.74) is -0.699. The third kappa shape index (κ3) is 8.92. The first kappa shape index (κ1) is 21.6. The van der Waals surface area contributed by atoms with Gasteiger partial charge in [0.2, 0.25) is 0 Å². The molecule has 0 heterocycles. The van der Waals surface area contributed by atoms with Gasteiger partial charge in [-0.1, -0.05) is 13.5 Å². The van der Waals surface area contributed by atoms with Crippen molar-refractivity contribution in [2.45, 2.75) is 46.1 Å². The number of hydrogen-bond donors (Lipinski definition) is 1. The summed E-state index contributed by atoms with van der Waals surface area (Å²) in [4.78, 5) is 45.1. The Morgan fingerprint density at radius 2 is 1.71 bits per heavy atom. The molecule has 0 aromatic carbocycles. The van der Waals surface area contributed by atoms with E-state index in [0.29, 0.717) is 6.42 Å². The Bertz CT molecular complexity index is 480. The van der Waals surface area contributed by atoms with Gasteiger partial charge >= 0.3 is 23.9 Å². The van der Waals surface area contributed by atoms with Gasteiger partial charge in [0.1, 0.15) is 13.2 Å². The van der Waals surface area contributed by atoms with Crippen LogP contribution in [-0.2, 0) is 33.4 Å². The number of carbonyl (C=O) groups is 4. The summed E-state index contributed by atoms with van der Waals surface area (Å²) in [6.45, 7) is 7.85. The van der Waals surface area contributed by atoms with Crippen LogP contribution in [0.3, 0.4) is 0 Å². The maximum absolute atomic E-state index is 11.9. The summed E-state index contributed by atoms with van der Waals surface area (Å²) in [7, 11) is 0. The molecule has 136 valence electrons. The molecule has 0 aliphatic rings. The van der Waals surface area contributed by atoms with Crippen LogP contribution in [-0.4, -0.2) is 48.3 Å². The molecule has 0 rings (SSSR count). The lowest BCUT2D eigenvalue weighted by Crippen LogP contribution is -2.34. The van der Waals surface area contributed by atoms with E-state index >= 15 is 0 Å². The van der Waals surface area contributed by atoms with Crippen LogP contribution in [0.5, 0.6) is 0 Å². The third-order valence-corrected chi connectivity index (χ3v) is 3.26. The lowest BCUT2D eigenvalue weighted by atomic mass is 9.91. The van der Waals surface area contributed by atoms with Crippen molar-refractivity contribution in [2.75, 3.05) is 13.2 Å². The van der Waals surface area contributed by atoms with E-state index in [1.165, 1.54) is 0 Å². The fourth-order valence-electron chi connectivity index (χ4n) is 1.31. The van der Waals surface area contributed by atoms with Gasteiger partial charge in [0, 0.05) is 6.08 Å². The number of carboxylic acids is 1. The number of rotatable bonds is 11. The van der Waals surface area contributed by atoms with Crippen LogP contribution < -0.4 is 0 Å². The van der Waals surface area contributed by atoms with Crippen molar-refractivity contribution in [1.82, 2.24) is 0 Å². The van der Waals surface area contributed by atoms with E-state index in [9.17, 15) is 19.2 Å². The quantitative estimate of drug-likeness (QED) is 0.340. The Balaban J connectivity index is 4.65. The molecular weight excluding hydrogens is 320 g/mol. The highest BCUT2D eigenvalue weighted by Gasteiger charge is 2.28. The molecule has 8 nitrogen and oxygen atoms in total. The van der Waals surface area contributed by atoms with Gasteiger partial charge in [-0.3, -0.25) is 14.4 Å². The van der Waals surface area contributed by atoms with Crippen molar-refractivity contribution >= 4 is 23.9 Å². The summed E-state index contributed by atoms with van der Waals surface area (Å²) in [5.74, 6) is -3.13. The second-order valence-corrected chi connectivity index (χ2v) is 5.68. The van der Waals surface area contributed by atoms with Crippen molar-refractivity contribution in [1.29, 1.82) is 0 Å². The van der Waals surface area contributed by atoms with Crippen molar-refractivity contribution in [3.63, 3.8) is 0 Å². The maximum Gasteiger partial charge on any atom is 0.330 e. The minimum Gasteiger partial charge on any atom is -0.481 e. The van der Waals surface area contributed by atoms with Crippen molar-refractivity contribution in [3.05, 3.63) is 12.7 Å². The highest BCUT2D eigenvalue weighted by atomic mass is 16.6. The maximum atomic E-state index is 11.9. The zero-order chi connectivity index (χ0) is 18.8. The average Bonchev–Trinajstić information content (AvgIpc) is 2.54. The number of aliphatic carboxylic acids is 1. The second-order valence-electron chi connectivity index (χ2n) is 5.68. The predicted molar refractivity (Wildman–Crippen MR) is 82.9 cm³/mol. The minimum absolute atomic E-state index is 0.300. The summed E-state index contributed by atoms with van der Waals surface area (Å²) >= 11 is 0. The molecule has 0 spiro atoms. The fraction of sp³-hybridized carbons (Fsp3) is 0.625. The molecule has 0 fully saturated rings. The highest BCUT2D eigenvalue weighted by molar-refractivity contribution is 5.81. The monoisotopic (exact) mass is 344 g/mol. The molecule has 0 saturated carbocycles. The number of carbonyl (C=O) groups excluding carboxylic acids is 3. The van der Waals surface area contributed by atoms with E-state index in [2.05, 4.69) is 6.58 Å². The normalized spacial score (nSPS) is 12.0. The summed E-state index contributed by atoms with van der Waals surface area (Å²) < 4.78 is 14.9. The molecule has 0 radical (unpaired) electrons. The van der Waals surface area contributed by atoms with Crippen LogP contribution in [0.25, 0.3) is 0 Å². The van der Waals surface area contributed by atoms with Gasteiger partial charge in [-0.15, -0.1) is 0 Å². The molecule has 1 atom stereocenters. The van der Waals surface area contributed by atoms with Gasteiger partial charge in [0.15, 0.2) is 6.10 Å². The van der Waals surface area contributed by atoms with Crippen molar-refractivity contribution in [2.24, 2.45) is 5.41 Å². The Morgan fingerprint density at radius 3 is 2.21 bits per heavy atom. The van der Waals surface area contributed by atoms with Crippen molar-refractivity contribution in [3.8, 4) is 0 Å². The zero-order valence-corrected chi connectivity index (χ0v) is 14.2. The van der Waals surface area contributed by atoms with Crippen LogP contribution in [0.1, 0.15) is 40.0 Å². The van der Waals surface area contributed by atoms with E-state index in [4.69, 9.17) is 19.3 Å². The van der Waals surface area contributed by atoms with Crippen LogP contribution in [0.15, 0.2) is 12.7 Å². The smallest absolute Gasteiger partial charge is 0.330 e. The molecule has 0 aliphatic heterocycles. The molecule has 0 bridgehead atoms. The van der Waals surface area contributed by atoms with E-state index < -0.39 is 35.4 Å². The topological polar surface area (TPSA) is 116 Å². The van der Waals surface area contributed by atoms with Crippen LogP contribution in [0.4, 0.5) is 0 Å². The van der Waals surface area contributed by atoms with Gasteiger partial charge < -0.3 is 19.3 Å². The van der Waals surface area contributed by atoms with E-state index in [-0.39, 0.29) is 26.1 Å². The van der Waals surface area contributed by atoms with E-state index in [0.717, 1.165) is 6.08 Å². The standard InChI is InChI=1S/C16H24O8/c1-5-13(19)22-9-11(24-14(20)8-7-12(17)18)10-23-15(21)16(3,4)6-2/h5,11H,1,6-10H2,2-4H3,(H,17,18). The molecule has 0 aromatic rings. The van der Waals surface area contributed by atoms with Crippen molar-refractivity contribution < 1.29 is 38.5 Å². The average molecular weight is 344 g/mol.